The van der Waals surface area contributed by atoms with E-state index in [9.17, 15) is 9.50 Å². The Kier molecular flexibility index (Phi) is 3.43. The Morgan fingerprint density at radius 1 is 1.17 bits per heavy atom. The van der Waals surface area contributed by atoms with Gasteiger partial charge in [0.15, 0.2) is 0 Å². The third-order valence-corrected chi connectivity index (χ3v) is 2.97. The SMILES string of the molecule is COc1ccc(C)cc1-c1cc(Cl)c(F)cc1O. The maximum absolute atomic E-state index is 13.2. The molecule has 1 N–H and O–H groups in total. The summed E-state index contributed by atoms with van der Waals surface area (Å²) in [6.45, 7) is 1.92. The predicted octanol–water partition coefficient (Wildman–Crippen LogP) is 4.17. The van der Waals surface area contributed by atoms with E-state index in [4.69, 9.17) is 16.3 Å². The first-order chi connectivity index (χ1) is 8.52. The van der Waals surface area contributed by atoms with Crippen molar-refractivity contribution in [1.82, 2.24) is 0 Å². The van der Waals surface area contributed by atoms with Gasteiger partial charge in [0.2, 0.25) is 0 Å². The van der Waals surface area contributed by atoms with Gasteiger partial charge in [0.1, 0.15) is 17.3 Å². The van der Waals surface area contributed by atoms with Gasteiger partial charge in [-0.1, -0.05) is 23.2 Å². The third kappa shape index (κ3) is 2.27. The first-order valence-electron chi connectivity index (χ1n) is 5.36. The van der Waals surface area contributed by atoms with Crippen molar-refractivity contribution < 1.29 is 14.2 Å². The van der Waals surface area contributed by atoms with E-state index in [1.807, 2.05) is 19.1 Å². The van der Waals surface area contributed by atoms with Crippen LogP contribution in [-0.4, -0.2) is 12.2 Å². The minimum atomic E-state index is -0.649. The molecule has 0 aliphatic heterocycles. The van der Waals surface area contributed by atoms with E-state index in [-0.39, 0.29) is 10.8 Å². The van der Waals surface area contributed by atoms with Gasteiger partial charge in [0.25, 0.3) is 0 Å². The van der Waals surface area contributed by atoms with Gasteiger partial charge in [-0.05, 0) is 25.1 Å². The number of ether oxygens (including phenoxy) is 1. The van der Waals surface area contributed by atoms with Gasteiger partial charge in [-0.3, -0.25) is 0 Å². The van der Waals surface area contributed by atoms with E-state index in [0.29, 0.717) is 16.9 Å². The summed E-state index contributed by atoms with van der Waals surface area (Å²) in [5.74, 6) is -0.219. The zero-order chi connectivity index (χ0) is 13.3. The molecule has 2 rings (SSSR count). The van der Waals surface area contributed by atoms with Crippen LogP contribution in [0.3, 0.4) is 0 Å². The number of aryl methyl sites for hydroxylation is 1. The van der Waals surface area contributed by atoms with Crippen LogP contribution in [0.5, 0.6) is 11.5 Å². The van der Waals surface area contributed by atoms with E-state index in [0.717, 1.165) is 11.6 Å². The molecule has 2 nitrogen and oxygen atoms in total. The fourth-order valence-electron chi connectivity index (χ4n) is 1.78. The molecule has 0 spiro atoms. The fourth-order valence-corrected chi connectivity index (χ4v) is 1.95. The van der Waals surface area contributed by atoms with E-state index in [2.05, 4.69) is 0 Å². The van der Waals surface area contributed by atoms with Crippen molar-refractivity contribution in [3.05, 3.63) is 46.7 Å². The lowest BCUT2D eigenvalue weighted by atomic mass is 10.0. The average molecular weight is 267 g/mol. The van der Waals surface area contributed by atoms with Crippen LogP contribution in [0.25, 0.3) is 11.1 Å². The van der Waals surface area contributed by atoms with Crippen molar-refractivity contribution in [3.8, 4) is 22.6 Å². The van der Waals surface area contributed by atoms with Crippen molar-refractivity contribution in [1.29, 1.82) is 0 Å². The molecule has 2 aromatic carbocycles. The van der Waals surface area contributed by atoms with E-state index < -0.39 is 5.82 Å². The van der Waals surface area contributed by atoms with Crippen molar-refractivity contribution in [2.24, 2.45) is 0 Å². The van der Waals surface area contributed by atoms with E-state index in [1.165, 1.54) is 13.2 Å². The van der Waals surface area contributed by atoms with Gasteiger partial charge in [0.05, 0.1) is 12.1 Å². The lowest BCUT2D eigenvalue weighted by molar-refractivity contribution is 0.415. The van der Waals surface area contributed by atoms with Crippen LogP contribution in [0, 0.1) is 12.7 Å². The van der Waals surface area contributed by atoms with E-state index in [1.54, 1.807) is 6.07 Å². The van der Waals surface area contributed by atoms with Gasteiger partial charge in [0, 0.05) is 17.2 Å². The minimum absolute atomic E-state index is 0.0358. The first kappa shape index (κ1) is 12.7. The standard InChI is InChI=1S/C14H12ClFO2/c1-8-3-4-14(18-2)10(5-8)9-6-11(15)12(16)7-13(9)17/h3-7,17H,1-2H3. The summed E-state index contributed by atoms with van der Waals surface area (Å²) in [6.07, 6.45) is 0. The topological polar surface area (TPSA) is 29.5 Å². The molecule has 2 aromatic rings. The zero-order valence-electron chi connectivity index (χ0n) is 10.00. The summed E-state index contributed by atoms with van der Waals surface area (Å²) in [7, 11) is 1.54. The van der Waals surface area contributed by atoms with Crippen LogP contribution in [0.2, 0.25) is 5.02 Å². The number of benzene rings is 2. The third-order valence-electron chi connectivity index (χ3n) is 2.68. The smallest absolute Gasteiger partial charge is 0.145 e. The number of aromatic hydroxyl groups is 1. The Hall–Kier alpha value is -1.74. The van der Waals surface area contributed by atoms with Crippen LogP contribution >= 0.6 is 11.6 Å². The second-order valence-electron chi connectivity index (χ2n) is 3.99. The number of phenols is 1. The molecule has 0 saturated heterocycles. The average Bonchev–Trinajstić information content (AvgIpc) is 2.34. The molecule has 0 amide bonds. The van der Waals surface area contributed by atoms with Gasteiger partial charge in [-0.25, -0.2) is 4.39 Å². The van der Waals surface area contributed by atoms with Gasteiger partial charge in [-0.2, -0.15) is 0 Å². The fraction of sp³-hybridized carbons (Fsp3) is 0.143. The molecule has 0 atom stereocenters. The number of hydrogen-bond acceptors (Lipinski definition) is 2. The molecule has 0 radical (unpaired) electrons. The van der Waals surface area contributed by atoms with Gasteiger partial charge in [-0.15, -0.1) is 0 Å². The number of hydrogen-bond donors (Lipinski definition) is 1. The first-order valence-corrected chi connectivity index (χ1v) is 5.73. The van der Waals surface area contributed by atoms with E-state index >= 15 is 0 Å². The van der Waals surface area contributed by atoms with Crippen LogP contribution in [0.1, 0.15) is 5.56 Å². The summed E-state index contributed by atoms with van der Waals surface area (Å²) in [6, 6.07) is 7.93. The lowest BCUT2D eigenvalue weighted by Gasteiger charge is -2.11. The Balaban J connectivity index is 2.68. The summed E-state index contributed by atoms with van der Waals surface area (Å²) < 4.78 is 18.4. The summed E-state index contributed by atoms with van der Waals surface area (Å²) in [5, 5.41) is 9.79. The Bertz CT molecular complexity index is 597. The van der Waals surface area contributed by atoms with Crippen molar-refractivity contribution in [2.45, 2.75) is 6.92 Å². The van der Waals surface area contributed by atoms with Crippen molar-refractivity contribution in [3.63, 3.8) is 0 Å². The molecule has 0 bridgehead atoms. The van der Waals surface area contributed by atoms with Gasteiger partial charge >= 0.3 is 0 Å². The maximum atomic E-state index is 13.2. The molecule has 0 aliphatic carbocycles. The molecule has 0 aromatic heterocycles. The molecular formula is C14H12ClFO2. The highest BCUT2D eigenvalue weighted by molar-refractivity contribution is 6.31. The number of methoxy groups -OCH3 is 1. The number of phenolic OH excluding ortho intramolecular Hbond substituents is 1. The number of halogens is 2. The second-order valence-corrected chi connectivity index (χ2v) is 4.39. The quantitative estimate of drug-likeness (QED) is 0.884. The summed E-state index contributed by atoms with van der Waals surface area (Å²) in [5.41, 5.74) is 2.13. The molecule has 0 heterocycles. The Morgan fingerprint density at radius 2 is 1.89 bits per heavy atom. The van der Waals surface area contributed by atoms with Crippen LogP contribution < -0.4 is 4.74 Å². The highest BCUT2D eigenvalue weighted by Gasteiger charge is 2.13. The van der Waals surface area contributed by atoms with Crippen LogP contribution in [0.4, 0.5) is 4.39 Å². The zero-order valence-corrected chi connectivity index (χ0v) is 10.8. The molecule has 0 saturated carbocycles. The van der Waals surface area contributed by atoms with Gasteiger partial charge < -0.3 is 9.84 Å². The highest BCUT2D eigenvalue weighted by atomic mass is 35.5. The van der Waals surface area contributed by atoms with Crippen LogP contribution in [-0.2, 0) is 0 Å². The molecule has 0 aliphatic rings. The Morgan fingerprint density at radius 3 is 2.56 bits per heavy atom. The normalized spacial score (nSPS) is 10.4. The number of rotatable bonds is 2. The lowest BCUT2D eigenvalue weighted by Crippen LogP contribution is -1.90. The summed E-state index contributed by atoms with van der Waals surface area (Å²) in [4.78, 5) is 0. The molecule has 0 unspecified atom stereocenters. The predicted molar refractivity (Wildman–Crippen MR) is 69.8 cm³/mol. The Labute approximate surface area is 110 Å². The molecular weight excluding hydrogens is 255 g/mol. The molecule has 18 heavy (non-hydrogen) atoms. The second kappa shape index (κ2) is 4.86. The van der Waals surface area contributed by atoms with Crippen LogP contribution in [0.15, 0.2) is 30.3 Å². The molecule has 0 fully saturated rings. The maximum Gasteiger partial charge on any atom is 0.145 e. The summed E-state index contributed by atoms with van der Waals surface area (Å²) >= 11 is 5.74. The largest absolute Gasteiger partial charge is 0.507 e. The highest BCUT2D eigenvalue weighted by Crippen LogP contribution is 2.38. The molecule has 4 heteroatoms. The van der Waals surface area contributed by atoms with Crippen molar-refractivity contribution >= 4 is 11.6 Å². The monoisotopic (exact) mass is 266 g/mol. The minimum Gasteiger partial charge on any atom is -0.507 e. The van der Waals surface area contributed by atoms with Crippen molar-refractivity contribution in [2.75, 3.05) is 7.11 Å². The molecule has 94 valence electrons.